The maximum absolute atomic E-state index is 12.8. The molecular formula is C23H26N2O2S. The van der Waals surface area contributed by atoms with Crippen molar-refractivity contribution in [2.45, 2.75) is 30.6 Å². The lowest BCUT2D eigenvalue weighted by Gasteiger charge is -2.28. The number of benzene rings is 3. The number of anilines is 1. The Labute approximate surface area is 167 Å². The minimum atomic E-state index is -3.54. The van der Waals surface area contributed by atoms with Crippen LogP contribution in [0.4, 0.5) is 5.69 Å². The van der Waals surface area contributed by atoms with E-state index in [0.29, 0.717) is 17.9 Å². The molecule has 1 aliphatic rings. The quantitative estimate of drug-likeness (QED) is 0.676. The summed E-state index contributed by atoms with van der Waals surface area (Å²) >= 11 is 0. The van der Waals surface area contributed by atoms with Crippen LogP contribution in [0, 0.1) is 0 Å². The van der Waals surface area contributed by atoms with Crippen molar-refractivity contribution in [3.05, 3.63) is 72.3 Å². The Bertz CT molecular complexity index is 1030. The third-order valence-electron chi connectivity index (χ3n) is 5.40. The Morgan fingerprint density at radius 3 is 2.32 bits per heavy atom. The van der Waals surface area contributed by atoms with E-state index >= 15 is 0 Å². The van der Waals surface area contributed by atoms with Gasteiger partial charge in [-0.05, 0) is 54.8 Å². The van der Waals surface area contributed by atoms with Gasteiger partial charge in [0, 0.05) is 30.7 Å². The minimum Gasteiger partial charge on any atom is -0.372 e. The first kappa shape index (κ1) is 19.0. The fourth-order valence-electron chi connectivity index (χ4n) is 3.86. The van der Waals surface area contributed by atoms with Crippen molar-refractivity contribution in [3.63, 3.8) is 0 Å². The zero-order valence-electron chi connectivity index (χ0n) is 16.0. The number of piperidine rings is 1. The molecule has 0 radical (unpaired) electrons. The largest absolute Gasteiger partial charge is 0.372 e. The second kappa shape index (κ2) is 8.33. The van der Waals surface area contributed by atoms with Crippen molar-refractivity contribution in [3.8, 4) is 0 Å². The highest BCUT2D eigenvalue weighted by atomic mass is 32.2. The molecule has 0 bridgehead atoms. The maximum atomic E-state index is 12.8. The van der Waals surface area contributed by atoms with Crippen LogP contribution in [-0.2, 0) is 16.4 Å². The van der Waals surface area contributed by atoms with Crippen LogP contribution in [-0.4, -0.2) is 28.1 Å². The van der Waals surface area contributed by atoms with Crippen LogP contribution < -0.4 is 9.62 Å². The Morgan fingerprint density at radius 1 is 0.821 bits per heavy atom. The smallest absolute Gasteiger partial charge is 0.241 e. The number of hydrogen-bond donors (Lipinski definition) is 1. The van der Waals surface area contributed by atoms with Gasteiger partial charge in [0.25, 0.3) is 0 Å². The van der Waals surface area contributed by atoms with Crippen LogP contribution >= 0.6 is 0 Å². The van der Waals surface area contributed by atoms with E-state index in [1.807, 2.05) is 30.3 Å². The number of hydrogen-bond acceptors (Lipinski definition) is 3. The van der Waals surface area contributed by atoms with E-state index in [9.17, 15) is 8.42 Å². The Kier molecular flexibility index (Phi) is 5.64. The van der Waals surface area contributed by atoms with Gasteiger partial charge >= 0.3 is 0 Å². The summed E-state index contributed by atoms with van der Waals surface area (Å²) in [6.07, 6.45) is 4.52. The lowest BCUT2D eigenvalue weighted by atomic mass is 10.1. The molecule has 0 aromatic heterocycles. The Hall–Kier alpha value is -2.37. The lowest BCUT2D eigenvalue weighted by molar-refractivity contribution is 0.577. The van der Waals surface area contributed by atoms with E-state index in [1.54, 1.807) is 12.1 Å². The van der Waals surface area contributed by atoms with Gasteiger partial charge in [-0.25, -0.2) is 13.1 Å². The van der Waals surface area contributed by atoms with Crippen molar-refractivity contribution < 1.29 is 8.42 Å². The van der Waals surface area contributed by atoms with Gasteiger partial charge in [0.2, 0.25) is 10.0 Å². The molecule has 3 aromatic carbocycles. The predicted molar refractivity (Wildman–Crippen MR) is 115 cm³/mol. The monoisotopic (exact) mass is 394 g/mol. The fraction of sp³-hybridized carbons (Fsp3) is 0.304. The average Bonchev–Trinajstić information content (AvgIpc) is 2.74. The van der Waals surface area contributed by atoms with Crippen molar-refractivity contribution >= 4 is 26.5 Å². The molecule has 1 fully saturated rings. The third kappa shape index (κ3) is 4.21. The van der Waals surface area contributed by atoms with Crippen molar-refractivity contribution in [1.29, 1.82) is 0 Å². The highest BCUT2D eigenvalue weighted by molar-refractivity contribution is 7.89. The summed E-state index contributed by atoms with van der Waals surface area (Å²) in [7, 11) is -3.54. The van der Waals surface area contributed by atoms with Gasteiger partial charge in [0.15, 0.2) is 0 Å². The summed E-state index contributed by atoms with van der Waals surface area (Å²) in [5.74, 6) is 0. The van der Waals surface area contributed by atoms with E-state index in [-0.39, 0.29) is 0 Å². The highest BCUT2D eigenvalue weighted by Crippen LogP contribution is 2.23. The highest BCUT2D eigenvalue weighted by Gasteiger charge is 2.16. The van der Waals surface area contributed by atoms with Gasteiger partial charge in [0.05, 0.1) is 4.90 Å². The van der Waals surface area contributed by atoms with Gasteiger partial charge in [-0.2, -0.15) is 0 Å². The average molecular weight is 395 g/mol. The van der Waals surface area contributed by atoms with Gasteiger partial charge < -0.3 is 4.90 Å². The van der Waals surface area contributed by atoms with Crippen LogP contribution in [0.25, 0.3) is 10.8 Å². The second-order valence-corrected chi connectivity index (χ2v) is 9.07. The van der Waals surface area contributed by atoms with Crippen LogP contribution in [0.5, 0.6) is 0 Å². The summed E-state index contributed by atoms with van der Waals surface area (Å²) in [4.78, 5) is 2.77. The van der Waals surface area contributed by atoms with E-state index in [4.69, 9.17) is 0 Å². The Balaban J connectivity index is 1.40. The van der Waals surface area contributed by atoms with Crippen LogP contribution in [0.2, 0.25) is 0 Å². The first-order valence-electron chi connectivity index (χ1n) is 9.95. The van der Waals surface area contributed by atoms with Gasteiger partial charge in [-0.15, -0.1) is 0 Å². The van der Waals surface area contributed by atoms with E-state index < -0.39 is 10.0 Å². The fourth-order valence-corrected chi connectivity index (χ4v) is 5.12. The molecule has 1 saturated heterocycles. The molecule has 0 spiro atoms. The third-order valence-corrected chi connectivity index (χ3v) is 6.92. The standard InChI is InChI=1S/C23H26N2O2S/c26-28(27,23-10-6-8-20-7-2-3-9-22(20)23)24-16-15-19-11-13-21(14-12-19)25-17-4-1-5-18-25/h2-3,6-14,24H,1,4-5,15-18H2. The molecule has 28 heavy (non-hydrogen) atoms. The van der Waals surface area contributed by atoms with Gasteiger partial charge in [-0.1, -0.05) is 48.5 Å². The summed E-state index contributed by atoms with van der Waals surface area (Å²) in [6.45, 7) is 2.64. The van der Waals surface area contributed by atoms with Gasteiger partial charge in [0.1, 0.15) is 0 Å². The van der Waals surface area contributed by atoms with Crippen molar-refractivity contribution in [1.82, 2.24) is 4.72 Å². The molecule has 0 amide bonds. The molecule has 4 rings (SSSR count). The summed E-state index contributed by atoms with van der Waals surface area (Å²) in [5, 5.41) is 1.68. The Morgan fingerprint density at radius 2 is 1.54 bits per heavy atom. The molecule has 3 aromatic rings. The molecular weight excluding hydrogens is 368 g/mol. The first-order chi connectivity index (χ1) is 13.6. The molecule has 0 atom stereocenters. The SMILES string of the molecule is O=S(=O)(NCCc1ccc(N2CCCCC2)cc1)c1cccc2ccccc12. The lowest BCUT2D eigenvalue weighted by Crippen LogP contribution is -2.29. The molecule has 0 unspecified atom stereocenters. The van der Waals surface area contributed by atoms with Crippen LogP contribution in [0.3, 0.4) is 0 Å². The molecule has 0 aliphatic carbocycles. The normalized spacial score (nSPS) is 15.1. The van der Waals surface area contributed by atoms with Gasteiger partial charge in [-0.3, -0.25) is 0 Å². The zero-order valence-corrected chi connectivity index (χ0v) is 16.8. The number of sulfonamides is 1. The number of nitrogens with one attached hydrogen (secondary N) is 1. The summed E-state index contributed by atoms with van der Waals surface area (Å²) in [5.41, 5.74) is 2.40. The second-order valence-electron chi connectivity index (χ2n) is 7.34. The molecule has 5 heteroatoms. The number of rotatable bonds is 6. The summed E-state index contributed by atoms with van der Waals surface area (Å²) in [6, 6.07) is 21.5. The molecule has 4 nitrogen and oxygen atoms in total. The van der Waals surface area contributed by atoms with E-state index in [0.717, 1.165) is 29.4 Å². The number of nitrogens with zero attached hydrogens (tertiary/aromatic N) is 1. The van der Waals surface area contributed by atoms with Crippen LogP contribution in [0.1, 0.15) is 24.8 Å². The maximum Gasteiger partial charge on any atom is 0.241 e. The van der Waals surface area contributed by atoms with Crippen LogP contribution in [0.15, 0.2) is 71.6 Å². The van der Waals surface area contributed by atoms with E-state index in [1.165, 1.54) is 24.9 Å². The van der Waals surface area contributed by atoms with Crippen molar-refractivity contribution in [2.75, 3.05) is 24.5 Å². The molecule has 0 saturated carbocycles. The first-order valence-corrected chi connectivity index (χ1v) is 11.4. The predicted octanol–water partition coefficient (Wildman–Crippen LogP) is 4.35. The number of fused-ring (bicyclic) bond motifs is 1. The molecule has 146 valence electrons. The van der Waals surface area contributed by atoms with Crippen molar-refractivity contribution in [2.24, 2.45) is 0 Å². The molecule has 1 heterocycles. The zero-order chi connectivity index (χ0) is 19.4. The molecule has 1 aliphatic heterocycles. The topological polar surface area (TPSA) is 49.4 Å². The van der Waals surface area contributed by atoms with E-state index in [2.05, 4.69) is 33.9 Å². The minimum absolute atomic E-state index is 0.339. The molecule has 1 N–H and O–H groups in total. The summed E-state index contributed by atoms with van der Waals surface area (Å²) < 4.78 is 28.3.